The molecule has 0 aliphatic heterocycles. The van der Waals surface area contributed by atoms with E-state index in [-0.39, 0.29) is 27.0 Å². The SMILES string of the molecule is CS(=O)(=O)c1cnc2c(c1)cc(-c1ncccn1)n2S(=O)(=O)c1ccccc1. The highest BCUT2D eigenvalue weighted by Crippen LogP contribution is 2.30. The van der Waals surface area contributed by atoms with Gasteiger partial charge in [0, 0.05) is 30.2 Å². The zero-order valence-electron chi connectivity index (χ0n) is 14.6. The monoisotopic (exact) mass is 414 g/mol. The maximum absolute atomic E-state index is 13.3. The molecule has 0 unspecified atom stereocenters. The number of fused-ring (bicyclic) bond motifs is 1. The molecule has 0 N–H and O–H groups in total. The van der Waals surface area contributed by atoms with Crippen LogP contribution in [0.2, 0.25) is 0 Å². The zero-order valence-corrected chi connectivity index (χ0v) is 16.2. The third kappa shape index (κ3) is 3.06. The van der Waals surface area contributed by atoms with Gasteiger partial charge in [0.05, 0.1) is 9.79 Å². The molecule has 4 rings (SSSR count). The van der Waals surface area contributed by atoms with E-state index in [1.54, 1.807) is 24.3 Å². The first-order valence-electron chi connectivity index (χ1n) is 8.08. The van der Waals surface area contributed by atoms with Gasteiger partial charge in [-0.25, -0.2) is 35.8 Å². The van der Waals surface area contributed by atoms with E-state index >= 15 is 0 Å². The highest BCUT2D eigenvalue weighted by Gasteiger charge is 2.26. The number of benzene rings is 1. The number of rotatable bonds is 4. The van der Waals surface area contributed by atoms with Crippen molar-refractivity contribution in [2.75, 3.05) is 6.26 Å². The van der Waals surface area contributed by atoms with Crippen molar-refractivity contribution in [3.63, 3.8) is 0 Å². The van der Waals surface area contributed by atoms with E-state index in [2.05, 4.69) is 15.0 Å². The summed E-state index contributed by atoms with van der Waals surface area (Å²) in [6.45, 7) is 0. The predicted octanol–water partition coefficient (Wildman–Crippen LogP) is 2.13. The Labute approximate surface area is 161 Å². The number of sulfone groups is 1. The topological polar surface area (TPSA) is 112 Å². The maximum atomic E-state index is 13.3. The van der Waals surface area contributed by atoms with Crippen molar-refractivity contribution >= 4 is 30.9 Å². The normalized spacial score (nSPS) is 12.3. The van der Waals surface area contributed by atoms with Crippen molar-refractivity contribution in [3.05, 3.63) is 67.1 Å². The minimum absolute atomic E-state index is 0.00482. The van der Waals surface area contributed by atoms with Gasteiger partial charge in [-0.05, 0) is 30.3 Å². The van der Waals surface area contributed by atoms with Crippen molar-refractivity contribution < 1.29 is 16.8 Å². The van der Waals surface area contributed by atoms with Crippen LogP contribution in [0.1, 0.15) is 0 Å². The molecule has 8 nitrogen and oxygen atoms in total. The van der Waals surface area contributed by atoms with Gasteiger partial charge in [-0.2, -0.15) is 0 Å². The molecule has 1 aromatic carbocycles. The maximum Gasteiger partial charge on any atom is 0.270 e. The summed E-state index contributed by atoms with van der Waals surface area (Å²) in [6.07, 6.45) is 5.20. The molecule has 0 saturated heterocycles. The Kier molecular flexibility index (Phi) is 4.24. The molecule has 3 heterocycles. The van der Waals surface area contributed by atoms with Crippen LogP contribution in [0.5, 0.6) is 0 Å². The highest BCUT2D eigenvalue weighted by atomic mass is 32.2. The predicted molar refractivity (Wildman–Crippen MR) is 103 cm³/mol. The minimum atomic E-state index is -4.02. The van der Waals surface area contributed by atoms with Crippen LogP contribution in [-0.4, -0.2) is 42.0 Å². The molecule has 0 spiro atoms. The quantitative estimate of drug-likeness (QED) is 0.503. The first-order chi connectivity index (χ1) is 13.3. The third-order valence-electron chi connectivity index (χ3n) is 4.08. The van der Waals surface area contributed by atoms with Crippen molar-refractivity contribution in [3.8, 4) is 11.5 Å². The van der Waals surface area contributed by atoms with Crippen LogP contribution in [0, 0.1) is 0 Å². The first-order valence-corrected chi connectivity index (χ1v) is 11.4. The molecular formula is C18H14N4O4S2. The Morgan fingerprint density at radius 1 is 0.821 bits per heavy atom. The zero-order chi connectivity index (χ0) is 19.9. The fourth-order valence-corrected chi connectivity index (χ4v) is 4.85. The van der Waals surface area contributed by atoms with E-state index in [1.165, 1.54) is 36.7 Å². The lowest BCUT2D eigenvalue weighted by Gasteiger charge is -2.10. The number of aromatic nitrogens is 4. The molecule has 142 valence electrons. The van der Waals surface area contributed by atoms with Crippen LogP contribution in [-0.2, 0) is 19.9 Å². The van der Waals surface area contributed by atoms with Crippen LogP contribution in [0.15, 0.2) is 76.9 Å². The summed E-state index contributed by atoms with van der Waals surface area (Å²) in [7, 11) is -7.53. The standard InChI is InChI=1S/C18H14N4O4S2/c1-27(23,24)15-10-13-11-16(17-19-8-5-9-20-17)22(18(13)21-12-15)28(25,26)14-6-3-2-4-7-14/h2-12H,1H3. The van der Waals surface area contributed by atoms with Crippen molar-refractivity contribution in [2.45, 2.75) is 9.79 Å². The molecule has 0 aliphatic carbocycles. The molecule has 0 bridgehead atoms. The lowest BCUT2D eigenvalue weighted by Crippen LogP contribution is -2.15. The smallest absolute Gasteiger partial charge is 0.236 e. The van der Waals surface area contributed by atoms with Gasteiger partial charge in [0.15, 0.2) is 21.3 Å². The summed E-state index contributed by atoms with van der Waals surface area (Å²) in [5.41, 5.74) is 0.288. The van der Waals surface area contributed by atoms with Crippen molar-refractivity contribution in [1.29, 1.82) is 0 Å². The van der Waals surface area contributed by atoms with Crippen LogP contribution < -0.4 is 0 Å². The molecule has 0 aliphatic rings. The second kappa shape index (κ2) is 6.50. The van der Waals surface area contributed by atoms with Crippen LogP contribution >= 0.6 is 0 Å². The van der Waals surface area contributed by atoms with Gasteiger partial charge in [-0.15, -0.1) is 0 Å². The number of pyridine rings is 1. The van der Waals surface area contributed by atoms with Gasteiger partial charge in [0.2, 0.25) is 0 Å². The second-order valence-corrected chi connectivity index (χ2v) is 9.84. The molecule has 0 radical (unpaired) electrons. The molecule has 0 saturated carbocycles. The summed E-state index contributed by atoms with van der Waals surface area (Å²) < 4.78 is 51.4. The lowest BCUT2D eigenvalue weighted by molar-refractivity contribution is 0.589. The summed E-state index contributed by atoms with van der Waals surface area (Å²) in [5.74, 6) is 0.181. The average molecular weight is 414 g/mol. The van der Waals surface area contributed by atoms with Crippen molar-refractivity contribution in [1.82, 2.24) is 18.9 Å². The Morgan fingerprint density at radius 3 is 2.14 bits per heavy atom. The average Bonchev–Trinajstić information content (AvgIpc) is 3.08. The van der Waals surface area contributed by atoms with Crippen molar-refractivity contribution in [2.24, 2.45) is 0 Å². The number of nitrogens with zero attached hydrogens (tertiary/aromatic N) is 4. The molecule has 0 fully saturated rings. The van der Waals surface area contributed by atoms with E-state index in [9.17, 15) is 16.8 Å². The molecule has 28 heavy (non-hydrogen) atoms. The fourth-order valence-electron chi connectivity index (χ4n) is 2.78. The van der Waals surface area contributed by atoms with E-state index in [1.807, 2.05) is 0 Å². The van der Waals surface area contributed by atoms with Gasteiger partial charge in [0.25, 0.3) is 10.0 Å². The van der Waals surface area contributed by atoms with Gasteiger partial charge in [-0.1, -0.05) is 18.2 Å². The second-order valence-electron chi connectivity index (χ2n) is 6.04. The van der Waals surface area contributed by atoms with E-state index in [0.717, 1.165) is 16.4 Å². The molecule has 10 heteroatoms. The Morgan fingerprint density at radius 2 is 1.50 bits per heavy atom. The van der Waals surface area contributed by atoms with Gasteiger partial charge in [0.1, 0.15) is 5.69 Å². The summed E-state index contributed by atoms with van der Waals surface area (Å²) in [4.78, 5) is 12.5. The molecule has 0 atom stereocenters. The Balaban J connectivity index is 2.08. The molecule has 3 aromatic heterocycles. The Hall–Kier alpha value is -3.11. The number of hydrogen-bond acceptors (Lipinski definition) is 7. The van der Waals surface area contributed by atoms with E-state index in [4.69, 9.17) is 0 Å². The van der Waals surface area contributed by atoms with Crippen LogP contribution in [0.3, 0.4) is 0 Å². The molecule has 0 amide bonds. The van der Waals surface area contributed by atoms with E-state index in [0.29, 0.717) is 5.39 Å². The highest BCUT2D eigenvalue weighted by molar-refractivity contribution is 7.90. The summed E-state index contributed by atoms with van der Waals surface area (Å²) >= 11 is 0. The van der Waals surface area contributed by atoms with Gasteiger partial charge < -0.3 is 0 Å². The fraction of sp³-hybridized carbons (Fsp3) is 0.0556. The first kappa shape index (κ1) is 18.3. The van der Waals surface area contributed by atoms with E-state index < -0.39 is 19.9 Å². The molecular weight excluding hydrogens is 400 g/mol. The summed E-state index contributed by atoms with van der Waals surface area (Å²) in [5, 5.41) is 0.352. The minimum Gasteiger partial charge on any atom is -0.236 e. The lowest BCUT2D eigenvalue weighted by atomic mass is 10.3. The van der Waals surface area contributed by atoms with Crippen LogP contribution in [0.25, 0.3) is 22.6 Å². The largest absolute Gasteiger partial charge is 0.270 e. The van der Waals surface area contributed by atoms with Gasteiger partial charge in [-0.3, -0.25) is 0 Å². The number of hydrogen-bond donors (Lipinski definition) is 0. The molecule has 4 aromatic rings. The van der Waals surface area contributed by atoms with Gasteiger partial charge >= 0.3 is 0 Å². The Bertz CT molecular complexity index is 1380. The summed E-state index contributed by atoms with van der Waals surface area (Å²) in [6, 6.07) is 12.4. The van der Waals surface area contributed by atoms with Crippen LogP contribution in [0.4, 0.5) is 0 Å². The third-order valence-corrected chi connectivity index (χ3v) is 6.88.